The lowest BCUT2D eigenvalue weighted by molar-refractivity contribution is 0.0690. The number of halogens is 1. The Kier molecular flexibility index (Phi) is 5.75. The van der Waals surface area contributed by atoms with Gasteiger partial charge in [-0.1, -0.05) is 13.8 Å². The maximum Gasteiger partial charge on any atom is 0.354 e. The van der Waals surface area contributed by atoms with Gasteiger partial charge in [-0.3, -0.25) is 0 Å². The maximum absolute atomic E-state index is 11.9. The third-order valence-corrected chi connectivity index (χ3v) is 5.91. The minimum atomic E-state index is -1.06. The number of piperidine rings is 1. The summed E-state index contributed by atoms with van der Waals surface area (Å²) >= 11 is 3.40. The van der Waals surface area contributed by atoms with Gasteiger partial charge in [-0.05, 0) is 52.9 Å². The summed E-state index contributed by atoms with van der Waals surface area (Å²) in [4.78, 5) is 22.8. The number of aromatic carboxylic acids is 1. The molecule has 3 aromatic rings. The molecule has 0 bridgehead atoms. The van der Waals surface area contributed by atoms with Gasteiger partial charge in [-0.15, -0.1) is 0 Å². The van der Waals surface area contributed by atoms with E-state index in [1.807, 2.05) is 12.1 Å². The number of nitrogens with zero attached hydrogens (tertiary/aromatic N) is 5. The lowest BCUT2D eigenvalue weighted by Gasteiger charge is -2.33. The van der Waals surface area contributed by atoms with Crippen LogP contribution in [-0.4, -0.2) is 57.1 Å². The van der Waals surface area contributed by atoms with Gasteiger partial charge >= 0.3 is 5.97 Å². The van der Waals surface area contributed by atoms with Crippen molar-refractivity contribution in [2.45, 2.75) is 38.7 Å². The fourth-order valence-electron chi connectivity index (χ4n) is 3.92. The van der Waals surface area contributed by atoms with E-state index in [1.165, 1.54) is 0 Å². The van der Waals surface area contributed by atoms with Crippen LogP contribution in [0.5, 0.6) is 0 Å². The predicted octanol–water partition coefficient (Wildman–Crippen LogP) is 4.01. The van der Waals surface area contributed by atoms with Gasteiger partial charge in [-0.25, -0.2) is 19.4 Å². The summed E-state index contributed by atoms with van der Waals surface area (Å²) in [6.45, 7) is 5.75. The van der Waals surface area contributed by atoms with Crippen molar-refractivity contribution in [3.8, 4) is 5.69 Å². The van der Waals surface area contributed by atoms with Gasteiger partial charge in [0, 0.05) is 26.4 Å². The first-order chi connectivity index (χ1) is 14.4. The Bertz CT molecular complexity index is 1090. The SMILES string of the molecule is COC1CCN(c2cc(C(=O)O)nc3c2c(C(C)C)nn3-c2ccnc(Br)c2)CC1. The fourth-order valence-corrected chi connectivity index (χ4v) is 4.27. The molecule has 0 amide bonds. The molecule has 9 heteroatoms. The highest BCUT2D eigenvalue weighted by atomic mass is 79.9. The van der Waals surface area contributed by atoms with Crippen molar-refractivity contribution in [2.75, 3.05) is 25.1 Å². The second-order valence-corrected chi connectivity index (χ2v) is 8.55. The minimum absolute atomic E-state index is 0.0101. The lowest BCUT2D eigenvalue weighted by Crippen LogP contribution is -2.37. The number of fused-ring (bicyclic) bond motifs is 1. The van der Waals surface area contributed by atoms with E-state index in [0.29, 0.717) is 10.3 Å². The molecule has 1 saturated heterocycles. The molecule has 1 aliphatic heterocycles. The summed E-state index contributed by atoms with van der Waals surface area (Å²) in [6, 6.07) is 5.35. The molecule has 158 valence electrons. The van der Waals surface area contributed by atoms with Gasteiger partial charge in [0.15, 0.2) is 11.3 Å². The number of hydrogen-bond donors (Lipinski definition) is 1. The van der Waals surface area contributed by atoms with Crippen LogP contribution < -0.4 is 4.90 Å². The Morgan fingerprint density at radius 1 is 1.30 bits per heavy atom. The average Bonchev–Trinajstić information content (AvgIpc) is 3.13. The number of rotatable bonds is 5. The van der Waals surface area contributed by atoms with Crippen LogP contribution in [0.25, 0.3) is 16.7 Å². The van der Waals surface area contributed by atoms with Crippen molar-refractivity contribution in [3.05, 3.63) is 40.4 Å². The summed E-state index contributed by atoms with van der Waals surface area (Å²) in [6.07, 6.45) is 3.70. The second-order valence-electron chi connectivity index (χ2n) is 7.74. The Labute approximate surface area is 183 Å². The maximum atomic E-state index is 11.9. The second kappa shape index (κ2) is 8.31. The smallest absolute Gasteiger partial charge is 0.354 e. The summed E-state index contributed by atoms with van der Waals surface area (Å²) < 4.78 is 7.89. The van der Waals surface area contributed by atoms with E-state index in [9.17, 15) is 9.90 Å². The number of carboxylic acid groups (broad SMARTS) is 1. The van der Waals surface area contributed by atoms with Crippen molar-refractivity contribution < 1.29 is 14.6 Å². The highest BCUT2D eigenvalue weighted by molar-refractivity contribution is 9.10. The van der Waals surface area contributed by atoms with Crippen LogP contribution in [0.2, 0.25) is 0 Å². The van der Waals surface area contributed by atoms with E-state index in [0.717, 1.165) is 48.4 Å². The van der Waals surface area contributed by atoms with Gasteiger partial charge < -0.3 is 14.7 Å². The number of methoxy groups -OCH3 is 1. The number of anilines is 1. The molecule has 0 spiro atoms. The van der Waals surface area contributed by atoms with Crippen LogP contribution in [-0.2, 0) is 4.74 Å². The molecule has 4 heterocycles. The van der Waals surface area contributed by atoms with Gasteiger partial charge in [-0.2, -0.15) is 5.10 Å². The van der Waals surface area contributed by atoms with Crippen molar-refractivity contribution in [3.63, 3.8) is 0 Å². The van der Waals surface area contributed by atoms with Crippen molar-refractivity contribution in [1.82, 2.24) is 19.7 Å². The lowest BCUT2D eigenvalue weighted by atomic mass is 10.0. The first kappa shape index (κ1) is 20.7. The molecule has 1 aliphatic rings. The van der Waals surface area contributed by atoms with Crippen LogP contribution in [0.4, 0.5) is 5.69 Å². The van der Waals surface area contributed by atoms with E-state index in [1.54, 1.807) is 24.1 Å². The van der Waals surface area contributed by atoms with E-state index in [-0.39, 0.29) is 17.7 Å². The van der Waals surface area contributed by atoms with Gasteiger partial charge in [0.05, 0.1) is 28.6 Å². The van der Waals surface area contributed by atoms with Crippen LogP contribution in [0, 0.1) is 0 Å². The van der Waals surface area contributed by atoms with Gasteiger partial charge in [0.25, 0.3) is 0 Å². The molecule has 8 nitrogen and oxygen atoms in total. The molecule has 0 saturated carbocycles. The molecule has 0 atom stereocenters. The Balaban J connectivity index is 1.96. The third kappa shape index (κ3) is 3.79. The van der Waals surface area contributed by atoms with E-state index in [4.69, 9.17) is 9.84 Å². The molecular weight excluding hydrogens is 450 g/mol. The Hall–Kier alpha value is -2.52. The topological polar surface area (TPSA) is 93.4 Å². The molecule has 3 aromatic heterocycles. The Morgan fingerprint density at radius 3 is 2.63 bits per heavy atom. The molecule has 1 fully saturated rings. The number of carbonyl (C=O) groups is 1. The highest BCUT2D eigenvalue weighted by Crippen LogP contribution is 2.36. The van der Waals surface area contributed by atoms with Crippen LogP contribution in [0.1, 0.15) is 48.8 Å². The molecular formula is C21H24BrN5O3. The van der Waals surface area contributed by atoms with Crippen molar-refractivity contribution in [1.29, 1.82) is 0 Å². The fraction of sp³-hybridized carbons (Fsp3) is 0.429. The zero-order valence-corrected chi connectivity index (χ0v) is 18.8. The molecule has 4 rings (SSSR count). The van der Waals surface area contributed by atoms with Crippen LogP contribution in [0.3, 0.4) is 0 Å². The monoisotopic (exact) mass is 473 g/mol. The zero-order valence-electron chi connectivity index (χ0n) is 17.2. The molecule has 0 radical (unpaired) electrons. The minimum Gasteiger partial charge on any atom is -0.477 e. The number of aromatic nitrogens is 4. The van der Waals surface area contributed by atoms with Crippen molar-refractivity contribution >= 4 is 38.6 Å². The normalized spacial score (nSPS) is 15.3. The quantitative estimate of drug-likeness (QED) is 0.559. The van der Waals surface area contributed by atoms with Crippen LogP contribution in [0.15, 0.2) is 29.0 Å². The third-order valence-electron chi connectivity index (χ3n) is 5.48. The predicted molar refractivity (Wildman–Crippen MR) is 118 cm³/mol. The summed E-state index contributed by atoms with van der Waals surface area (Å²) in [5, 5.41) is 15.5. The summed E-state index contributed by atoms with van der Waals surface area (Å²) in [5.74, 6) is -0.911. The highest BCUT2D eigenvalue weighted by Gasteiger charge is 2.27. The zero-order chi connectivity index (χ0) is 21.4. The molecule has 0 unspecified atom stereocenters. The standard InChI is InChI=1S/C21H24BrN5O3/c1-12(2)19-18-16(26-8-5-14(30-3)6-9-26)11-15(21(28)29)24-20(18)27(25-19)13-4-7-23-17(22)10-13/h4,7,10-12,14H,5-6,8-9H2,1-3H3,(H,28,29). The molecule has 1 N–H and O–H groups in total. The average molecular weight is 474 g/mol. The molecule has 30 heavy (non-hydrogen) atoms. The Morgan fingerprint density at radius 2 is 2.03 bits per heavy atom. The van der Waals surface area contributed by atoms with E-state index >= 15 is 0 Å². The van der Waals surface area contributed by atoms with E-state index in [2.05, 4.69) is 44.6 Å². The summed E-state index contributed by atoms with van der Waals surface area (Å²) in [5.41, 5.74) is 3.09. The number of carboxylic acids is 1. The summed E-state index contributed by atoms with van der Waals surface area (Å²) in [7, 11) is 1.74. The first-order valence-corrected chi connectivity index (χ1v) is 10.7. The van der Waals surface area contributed by atoms with Gasteiger partial charge in [0.1, 0.15) is 4.60 Å². The molecule has 0 aromatic carbocycles. The molecule has 0 aliphatic carbocycles. The van der Waals surface area contributed by atoms with E-state index < -0.39 is 5.97 Å². The van der Waals surface area contributed by atoms with Crippen LogP contribution >= 0.6 is 15.9 Å². The number of hydrogen-bond acceptors (Lipinski definition) is 6. The first-order valence-electron chi connectivity index (χ1n) is 9.95. The number of pyridine rings is 2. The van der Waals surface area contributed by atoms with Gasteiger partial charge in [0.2, 0.25) is 0 Å². The largest absolute Gasteiger partial charge is 0.477 e. The number of ether oxygens (including phenoxy) is 1. The van der Waals surface area contributed by atoms with Crippen molar-refractivity contribution in [2.24, 2.45) is 0 Å².